The van der Waals surface area contributed by atoms with Gasteiger partial charge in [-0.1, -0.05) is 6.92 Å². The van der Waals surface area contributed by atoms with Crippen molar-refractivity contribution in [1.82, 2.24) is 5.32 Å². The Kier molecular flexibility index (Phi) is 4.02. The fourth-order valence-corrected chi connectivity index (χ4v) is 1.50. The van der Waals surface area contributed by atoms with Gasteiger partial charge in [0.15, 0.2) is 0 Å². The largest absolute Gasteiger partial charge is 0.446 e. The number of ether oxygens (including phenoxy) is 1. The SMILES string of the molecule is CCCNC(=O)OC1CCC(N)C1. The van der Waals surface area contributed by atoms with Crippen LogP contribution in [-0.4, -0.2) is 24.8 Å². The van der Waals surface area contributed by atoms with E-state index in [9.17, 15) is 4.79 Å². The topological polar surface area (TPSA) is 64.3 Å². The molecule has 0 spiro atoms. The Morgan fingerprint density at radius 2 is 2.38 bits per heavy atom. The van der Waals surface area contributed by atoms with E-state index in [2.05, 4.69) is 5.32 Å². The first-order valence-corrected chi connectivity index (χ1v) is 4.92. The third-order valence-electron chi connectivity index (χ3n) is 2.22. The summed E-state index contributed by atoms with van der Waals surface area (Å²) in [6.45, 7) is 2.68. The van der Waals surface area contributed by atoms with Gasteiger partial charge in [-0.15, -0.1) is 0 Å². The molecule has 0 heterocycles. The number of amides is 1. The summed E-state index contributed by atoms with van der Waals surface area (Å²) >= 11 is 0. The van der Waals surface area contributed by atoms with Crippen molar-refractivity contribution in [3.63, 3.8) is 0 Å². The summed E-state index contributed by atoms with van der Waals surface area (Å²) in [5, 5.41) is 2.67. The van der Waals surface area contributed by atoms with E-state index in [-0.39, 0.29) is 18.2 Å². The van der Waals surface area contributed by atoms with Crippen LogP contribution in [-0.2, 0) is 4.74 Å². The molecule has 4 heteroatoms. The van der Waals surface area contributed by atoms with Crippen LogP contribution in [0.1, 0.15) is 32.6 Å². The molecule has 0 aromatic heterocycles. The molecular formula is C9H18N2O2. The van der Waals surface area contributed by atoms with Gasteiger partial charge in [0.25, 0.3) is 0 Å². The molecule has 13 heavy (non-hydrogen) atoms. The molecule has 1 fully saturated rings. The summed E-state index contributed by atoms with van der Waals surface area (Å²) < 4.78 is 5.15. The second-order valence-electron chi connectivity index (χ2n) is 3.53. The van der Waals surface area contributed by atoms with Crippen LogP contribution in [0.15, 0.2) is 0 Å². The lowest BCUT2D eigenvalue weighted by molar-refractivity contribution is 0.100. The number of hydrogen-bond acceptors (Lipinski definition) is 3. The Hall–Kier alpha value is -0.770. The summed E-state index contributed by atoms with van der Waals surface area (Å²) in [6.07, 6.45) is 3.33. The fraction of sp³-hybridized carbons (Fsp3) is 0.889. The average Bonchev–Trinajstić information content (AvgIpc) is 2.48. The zero-order valence-electron chi connectivity index (χ0n) is 8.08. The minimum absolute atomic E-state index is 0.0341. The molecule has 1 amide bonds. The summed E-state index contributed by atoms with van der Waals surface area (Å²) in [5.74, 6) is 0. The Morgan fingerprint density at radius 1 is 1.62 bits per heavy atom. The molecule has 2 atom stereocenters. The smallest absolute Gasteiger partial charge is 0.407 e. The molecule has 1 saturated carbocycles. The second kappa shape index (κ2) is 5.07. The molecule has 0 aliphatic heterocycles. The molecule has 0 aromatic carbocycles. The minimum Gasteiger partial charge on any atom is -0.446 e. The van der Waals surface area contributed by atoms with Crippen LogP contribution >= 0.6 is 0 Å². The van der Waals surface area contributed by atoms with Gasteiger partial charge in [-0.3, -0.25) is 0 Å². The van der Waals surface area contributed by atoms with Crippen LogP contribution in [0.3, 0.4) is 0 Å². The Bertz CT molecular complexity index is 173. The normalized spacial score (nSPS) is 27.2. The molecule has 0 aromatic rings. The summed E-state index contributed by atoms with van der Waals surface area (Å²) in [7, 11) is 0. The molecule has 0 radical (unpaired) electrons. The standard InChI is InChI=1S/C9H18N2O2/c1-2-5-11-9(12)13-8-4-3-7(10)6-8/h7-8H,2-6,10H2,1H3,(H,11,12). The maximum atomic E-state index is 11.1. The van der Waals surface area contributed by atoms with Gasteiger partial charge in [-0.05, 0) is 25.7 Å². The van der Waals surface area contributed by atoms with Crippen molar-refractivity contribution < 1.29 is 9.53 Å². The molecule has 2 unspecified atom stereocenters. The minimum atomic E-state index is -0.305. The van der Waals surface area contributed by atoms with E-state index in [1.807, 2.05) is 6.92 Å². The molecule has 4 nitrogen and oxygen atoms in total. The van der Waals surface area contributed by atoms with Crippen LogP contribution < -0.4 is 11.1 Å². The number of hydrogen-bond donors (Lipinski definition) is 2. The highest BCUT2D eigenvalue weighted by Gasteiger charge is 2.24. The third kappa shape index (κ3) is 3.63. The number of carbonyl (C=O) groups is 1. The fourth-order valence-electron chi connectivity index (χ4n) is 1.50. The molecular weight excluding hydrogens is 168 g/mol. The van der Waals surface area contributed by atoms with Crippen molar-refractivity contribution in [2.75, 3.05) is 6.54 Å². The molecule has 3 N–H and O–H groups in total. The number of alkyl carbamates (subject to hydrolysis) is 1. The van der Waals surface area contributed by atoms with E-state index in [1.54, 1.807) is 0 Å². The molecule has 76 valence electrons. The van der Waals surface area contributed by atoms with E-state index in [4.69, 9.17) is 10.5 Å². The van der Waals surface area contributed by atoms with Gasteiger partial charge < -0.3 is 15.8 Å². The molecule has 0 bridgehead atoms. The summed E-state index contributed by atoms with van der Waals surface area (Å²) in [4.78, 5) is 11.1. The number of nitrogens with two attached hydrogens (primary N) is 1. The van der Waals surface area contributed by atoms with Crippen LogP contribution in [0.4, 0.5) is 4.79 Å². The van der Waals surface area contributed by atoms with Gasteiger partial charge in [-0.25, -0.2) is 4.79 Å². The lowest BCUT2D eigenvalue weighted by Crippen LogP contribution is -2.29. The van der Waals surface area contributed by atoms with Crippen LogP contribution in [0.25, 0.3) is 0 Å². The number of rotatable bonds is 3. The van der Waals surface area contributed by atoms with Crippen molar-refractivity contribution in [2.45, 2.75) is 44.8 Å². The van der Waals surface area contributed by atoms with E-state index in [1.165, 1.54) is 0 Å². The van der Waals surface area contributed by atoms with Crippen molar-refractivity contribution in [1.29, 1.82) is 0 Å². The van der Waals surface area contributed by atoms with Crippen molar-refractivity contribution in [2.24, 2.45) is 5.73 Å². The monoisotopic (exact) mass is 186 g/mol. The van der Waals surface area contributed by atoms with Crippen LogP contribution in [0.2, 0.25) is 0 Å². The van der Waals surface area contributed by atoms with E-state index >= 15 is 0 Å². The van der Waals surface area contributed by atoms with Crippen molar-refractivity contribution in [3.8, 4) is 0 Å². The Labute approximate surface area is 78.8 Å². The molecule has 1 aliphatic rings. The first-order chi connectivity index (χ1) is 6.22. The lowest BCUT2D eigenvalue weighted by Gasteiger charge is -2.11. The third-order valence-corrected chi connectivity index (χ3v) is 2.22. The van der Waals surface area contributed by atoms with Gasteiger partial charge in [0.1, 0.15) is 6.10 Å². The highest BCUT2D eigenvalue weighted by atomic mass is 16.6. The summed E-state index contributed by atoms with van der Waals surface area (Å²) in [6, 6.07) is 0.212. The molecule has 0 saturated heterocycles. The first-order valence-electron chi connectivity index (χ1n) is 4.92. The van der Waals surface area contributed by atoms with Gasteiger partial charge in [0.05, 0.1) is 0 Å². The maximum absolute atomic E-state index is 11.1. The van der Waals surface area contributed by atoms with E-state index < -0.39 is 0 Å². The summed E-state index contributed by atoms with van der Waals surface area (Å²) in [5.41, 5.74) is 5.69. The van der Waals surface area contributed by atoms with E-state index in [0.29, 0.717) is 6.54 Å². The lowest BCUT2D eigenvalue weighted by atomic mass is 10.3. The predicted molar refractivity (Wildman–Crippen MR) is 50.4 cm³/mol. The van der Waals surface area contributed by atoms with Gasteiger partial charge in [-0.2, -0.15) is 0 Å². The van der Waals surface area contributed by atoms with Gasteiger partial charge >= 0.3 is 6.09 Å². The Balaban J connectivity index is 2.13. The zero-order chi connectivity index (χ0) is 9.68. The average molecular weight is 186 g/mol. The predicted octanol–water partition coefficient (Wildman–Crippen LogP) is 1.00. The first kappa shape index (κ1) is 10.3. The quantitative estimate of drug-likeness (QED) is 0.691. The van der Waals surface area contributed by atoms with Gasteiger partial charge in [0.2, 0.25) is 0 Å². The highest BCUT2D eigenvalue weighted by molar-refractivity contribution is 5.67. The molecule has 1 rings (SSSR count). The van der Waals surface area contributed by atoms with Gasteiger partial charge in [0, 0.05) is 12.6 Å². The zero-order valence-corrected chi connectivity index (χ0v) is 8.08. The second-order valence-corrected chi connectivity index (χ2v) is 3.53. The van der Waals surface area contributed by atoms with E-state index in [0.717, 1.165) is 25.7 Å². The van der Waals surface area contributed by atoms with Crippen molar-refractivity contribution >= 4 is 6.09 Å². The van der Waals surface area contributed by atoms with Crippen molar-refractivity contribution in [3.05, 3.63) is 0 Å². The van der Waals surface area contributed by atoms with Crippen LogP contribution in [0, 0.1) is 0 Å². The number of carbonyl (C=O) groups excluding carboxylic acids is 1. The molecule has 1 aliphatic carbocycles. The Morgan fingerprint density at radius 3 is 2.92 bits per heavy atom. The maximum Gasteiger partial charge on any atom is 0.407 e. The highest BCUT2D eigenvalue weighted by Crippen LogP contribution is 2.20. The number of nitrogens with one attached hydrogen (secondary N) is 1. The van der Waals surface area contributed by atoms with Crippen LogP contribution in [0.5, 0.6) is 0 Å².